The quantitative estimate of drug-likeness (QED) is 0.413. The number of thioether (sulfide) groups is 1. The lowest BCUT2D eigenvalue weighted by atomic mass is 10.2. The van der Waals surface area contributed by atoms with Crippen molar-refractivity contribution in [3.05, 3.63) is 51.5 Å². The zero-order chi connectivity index (χ0) is 17.5. The summed E-state index contributed by atoms with van der Waals surface area (Å²) in [7, 11) is 1.46. The van der Waals surface area contributed by atoms with Crippen molar-refractivity contribution in [1.29, 1.82) is 0 Å². The molecule has 0 heterocycles. The number of hydrogen-bond acceptors (Lipinski definition) is 5. The lowest BCUT2D eigenvalue weighted by Crippen LogP contribution is -2.19. The molecule has 2 rings (SSSR count). The van der Waals surface area contributed by atoms with Gasteiger partial charge in [-0.2, -0.15) is 5.10 Å². The van der Waals surface area contributed by atoms with Gasteiger partial charge in [0.2, 0.25) is 5.91 Å². The van der Waals surface area contributed by atoms with E-state index in [0.717, 1.165) is 4.90 Å². The van der Waals surface area contributed by atoms with E-state index in [1.54, 1.807) is 24.3 Å². The van der Waals surface area contributed by atoms with E-state index in [1.807, 2.05) is 12.1 Å². The summed E-state index contributed by atoms with van der Waals surface area (Å²) in [6.45, 7) is 0. The number of phenols is 1. The average Bonchev–Trinajstić information content (AvgIpc) is 2.57. The Morgan fingerprint density at radius 2 is 2.12 bits per heavy atom. The van der Waals surface area contributed by atoms with Gasteiger partial charge >= 0.3 is 0 Å². The Balaban J connectivity index is 1.88. The van der Waals surface area contributed by atoms with Crippen LogP contribution in [0.25, 0.3) is 0 Å². The van der Waals surface area contributed by atoms with Gasteiger partial charge in [0.1, 0.15) is 0 Å². The first kappa shape index (κ1) is 18.6. The summed E-state index contributed by atoms with van der Waals surface area (Å²) in [5.74, 6) is 0.339. The smallest absolute Gasteiger partial charge is 0.250 e. The van der Waals surface area contributed by atoms with Gasteiger partial charge in [-0.15, -0.1) is 11.8 Å². The molecule has 2 N–H and O–H groups in total. The Morgan fingerprint density at radius 3 is 2.79 bits per heavy atom. The standard InChI is InChI=1S/C16H14BrClN2O3S/c1-23-14-7-10(6-13(17)16(14)22)8-19-20-15(21)9-24-12-4-2-11(18)3-5-12/h2-8,22H,9H2,1H3,(H,20,21)/b19-8+. The molecule has 0 bridgehead atoms. The highest BCUT2D eigenvalue weighted by Gasteiger charge is 2.07. The molecule has 0 fully saturated rings. The van der Waals surface area contributed by atoms with Crippen molar-refractivity contribution in [2.45, 2.75) is 4.90 Å². The molecule has 0 saturated carbocycles. The van der Waals surface area contributed by atoms with Gasteiger partial charge in [0.05, 0.1) is 23.5 Å². The first-order chi connectivity index (χ1) is 11.5. The van der Waals surface area contributed by atoms with Crippen LogP contribution in [0.4, 0.5) is 0 Å². The van der Waals surface area contributed by atoms with Crippen LogP contribution in [0.15, 0.2) is 50.9 Å². The number of hydrazone groups is 1. The van der Waals surface area contributed by atoms with Gasteiger partial charge in [0, 0.05) is 9.92 Å². The fourth-order valence-electron chi connectivity index (χ4n) is 1.71. The predicted molar refractivity (Wildman–Crippen MR) is 100 cm³/mol. The Hall–Kier alpha value is -1.70. The SMILES string of the molecule is COc1cc(/C=N/NC(=O)CSc2ccc(Cl)cc2)cc(Br)c1O. The summed E-state index contributed by atoms with van der Waals surface area (Å²) >= 11 is 10.4. The number of methoxy groups -OCH3 is 1. The number of nitrogens with one attached hydrogen (secondary N) is 1. The summed E-state index contributed by atoms with van der Waals surface area (Å²) in [6.07, 6.45) is 1.47. The maximum atomic E-state index is 11.8. The number of nitrogens with zero attached hydrogens (tertiary/aromatic N) is 1. The molecule has 126 valence electrons. The van der Waals surface area contributed by atoms with E-state index in [2.05, 4.69) is 26.5 Å². The molecule has 0 spiro atoms. The van der Waals surface area contributed by atoms with E-state index in [9.17, 15) is 9.90 Å². The third-order valence-corrected chi connectivity index (χ3v) is 4.73. The van der Waals surface area contributed by atoms with Gasteiger partial charge < -0.3 is 9.84 Å². The molecule has 0 aliphatic heterocycles. The number of benzene rings is 2. The molecule has 8 heteroatoms. The van der Waals surface area contributed by atoms with E-state index in [4.69, 9.17) is 16.3 Å². The number of halogens is 2. The van der Waals surface area contributed by atoms with Crippen molar-refractivity contribution < 1.29 is 14.6 Å². The number of carbonyl (C=O) groups is 1. The molecular formula is C16H14BrClN2O3S. The van der Waals surface area contributed by atoms with E-state index >= 15 is 0 Å². The summed E-state index contributed by atoms with van der Waals surface area (Å²) in [6, 6.07) is 10.5. The normalized spacial score (nSPS) is 10.8. The van der Waals surface area contributed by atoms with Crippen molar-refractivity contribution in [2.75, 3.05) is 12.9 Å². The van der Waals surface area contributed by atoms with E-state index in [0.29, 0.717) is 20.8 Å². The highest BCUT2D eigenvalue weighted by molar-refractivity contribution is 9.10. The molecule has 0 unspecified atom stereocenters. The summed E-state index contributed by atoms with van der Waals surface area (Å²) in [4.78, 5) is 12.7. The highest BCUT2D eigenvalue weighted by atomic mass is 79.9. The predicted octanol–water partition coefficient (Wildman–Crippen LogP) is 4.06. The topological polar surface area (TPSA) is 70.9 Å². The summed E-state index contributed by atoms with van der Waals surface area (Å²) in [5, 5.41) is 14.3. The molecule has 0 aliphatic carbocycles. The minimum absolute atomic E-state index is 0.0121. The maximum absolute atomic E-state index is 11.8. The minimum atomic E-state index is -0.226. The van der Waals surface area contributed by atoms with E-state index in [1.165, 1.54) is 25.1 Å². The van der Waals surface area contributed by atoms with Crippen LogP contribution in [0.2, 0.25) is 5.02 Å². The molecule has 0 atom stereocenters. The fourth-order valence-corrected chi connectivity index (χ4v) is 2.99. The van der Waals surface area contributed by atoms with Crippen molar-refractivity contribution in [1.82, 2.24) is 5.43 Å². The molecule has 5 nitrogen and oxygen atoms in total. The van der Waals surface area contributed by atoms with Crippen LogP contribution in [0, 0.1) is 0 Å². The second-order valence-corrected chi connectivity index (χ2v) is 6.93. The van der Waals surface area contributed by atoms with Crippen LogP contribution >= 0.6 is 39.3 Å². The molecule has 0 radical (unpaired) electrons. The third kappa shape index (κ3) is 5.43. The highest BCUT2D eigenvalue weighted by Crippen LogP contribution is 2.34. The first-order valence-corrected chi connectivity index (χ1v) is 8.92. The Bertz CT molecular complexity index is 754. The van der Waals surface area contributed by atoms with Crippen LogP contribution < -0.4 is 10.2 Å². The van der Waals surface area contributed by atoms with Gasteiger partial charge in [-0.25, -0.2) is 5.43 Å². The number of carbonyl (C=O) groups excluding carboxylic acids is 1. The molecule has 2 aromatic rings. The van der Waals surface area contributed by atoms with E-state index in [-0.39, 0.29) is 17.4 Å². The number of aromatic hydroxyl groups is 1. The van der Waals surface area contributed by atoms with Crippen molar-refractivity contribution in [3.8, 4) is 11.5 Å². The lowest BCUT2D eigenvalue weighted by molar-refractivity contribution is -0.118. The van der Waals surface area contributed by atoms with E-state index < -0.39 is 0 Å². The van der Waals surface area contributed by atoms with Gasteiger partial charge in [0.15, 0.2) is 11.5 Å². The second-order valence-electron chi connectivity index (χ2n) is 4.59. The maximum Gasteiger partial charge on any atom is 0.250 e. The first-order valence-electron chi connectivity index (χ1n) is 6.76. The Kier molecular flexibility index (Phi) is 6.96. The Morgan fingerprint density at radius 1 is 1.42 bits per heavy atom. The fraction of sp³-hybridized carbons (Fsp3) is 0.125. The summed E-state index contributed by atoms with van der Waals surface area (Å²) in [5.41, 5.74) is 3.12. The average molecular weight is 430 g/mol. The van der Waals surface area contributed by atoms with Crippen LogP contribution in [-0.2, 0) is 4.79 Å². The van der Waals surface area contributed by atoms with Gasteiger partial charge in [-0.1, -0.05) is 11.6 Å². The number of amides is 1. The summed E-state index contributed by atoms with van der Waals surface area (Å²) < 4.78 is 5.53. The van der Waals surface area contributed by atoms with Crippen molar-refractivity contribution in [3.63, 3.8) is 0 Å². The van der Waals surface area contributed by atoms with Gasteiger partial charge in [0.25, 0.3) is 0 Å². The van der Waals surface area contributed by atoms with Crippen LogP contribution in [0.1, 0.15) is 5.56 Å². The number of ether oxygens (including phenoxy) is 1. The zero-order valence-corrected chi connectivity index (χ0v) is 15.8. The molecule has 0 aromatic heterocycles. The number of hydrogen-bond donors (Lipinski definition) is 2. The molecule has 2 aromatic carbocycles. The van der Waals surface area contributed by atoms with Gasteiger partial charge in [-0.3, -0.25) is 4.79 Å². The Labute approximate surface area is 157 Å². The number of rotatable bonds is 6. The van der Waals surface area contributed by atoms with Crippen molar-refractivity contribution >= 4 is 51.4 Å². The van der Waals surface area contributed by atoms with Crippen LogP contribution in [0.3, 0.4) is 0 Å². The molecular weight excluding hydrogens is 416 g/mol. The minimum Gasteiger partial charge on any atom is -0.503 e. The third-order valence-electron chi connectivity index (χ3n) is 2.86. The largest absolute Gasteiger partial charge is 0.503 e. The lowest BCUT2D eigenvalue weighted by Gasteiger charge is -2.06. The monoisotopic (exact) mass is 428 g/mol. The van der Waals surface area contributed by atoms with Crippen LogP contribution in [0.5, 0.6) is 11.5 Å². The molecule has 0 saturated heterocycles. The van der Waals surface area contributed by atoms with Gasteiger partial charge in [-0.05, 0) is 57.9 Å². The molecule has 0 aliphatic rings. The second kappa shape index (κ2) is 8.96. The number of phenolic OH excluding ortho intramolecular Hbond substituents is 1. The zero-order valence-electron chi connectivity index (χ0n) is 12.6. The molecule has 1 amide bonds. The molecule has 24 heavy (non-hydrogen) atoms. The van der Waals surface area contributed by atoms with Crippen molar-refractivity contribution in [2.24, 2.45) is 5.10 Å². The van der Waals surface area contributed by atoms with Crippen LogP contribution in [-0.4, -0.2) is 30.1 Å².